The topological polar surface area (TPSA) is 99.1 Å². The van der Waals surface area contributed by atoms with Gasteiger partial charge in [-0.15, -0.1) is 0 Å². The number of rotatable bonds is 17. The number of nitrogens with one attached hydrogen (secondary N) is 1. The summed E-state index contributed by atoms with van der Waals surface area (Å²) in [5, 5.41) is 22.2. The molecule has 288 valence electrons. The highest BCUT2D eigenvalue weighted by atomic mass is 16.6. The fraction of sp³-hybridized carbons (Fsp3) is 0.953. The number of carbonyl (C=O) groups excluding carboxylic acids is 2. The van der Waals surface area contributed by atoms with E-state index in [1.54, 1.807) is 0 Å². The van der Waals surface area contributed by atoms with E-state index in [0.717, 1.165) is 93.3 Å². The van der Waals surface area contributed by atoms with E-state index in [1.165, 1.54) is 64.2 Å². The van der Waals surface area contributed by atoms with Gasteiger partial charge in [0.1, 0.15) is 6.10 Å². The second-order valence-corrected chi connectivity index (χ2v) is 18.9. The molecule has 1 aliphatic heterocycles. The molecule has 3 N–H and O–H groups in total. The van der Waals surface area contributed by atoms with Crippen LogP contribution in [0.5, 0.6) is 0 Å². The number of unbranched alkanes of at least 4 members (excludes halogenated alkanes) is 4. The SMILES string of the molecule is CC(C)CCC[C@@H](C)[C@H]1CC[C@H]2[C@@H]3CCC4C[C@@H](OC(=O)NCCCCCC(=O)N5C[C@H](O)C[C@H]5CCCCCO)CC[C@]4(C)[C@H]3CC[C@]12C. The number of alkyl carbamates (subject to hydrolysis) is 1. The van der Waals surface area contributed by atoms with Crippen LogP contribution < -0.4 is 5.32 Å². The van der Waals surface area contributed by atoms with Crippen LogP contribution in [0, 0.1) is 52.3 Å². The Kier molecular flexibility index (Phi) is 14.4. The van der Waals surface area contributed by atoms with Crippen molar-refractivity contribution in [3.05, 3.63) is 0 Å². The molecule has 0 aromatic carbocycles. The van der Waals surface area contributed by atoms with Crippen molar-refractivity contribution in [2.75, 3.05) is 19.7 Å². The molecule has 7 nitrogen and oxygen atoms in total. The van der Waals surface area contributed by atoms with Crippen LogP contribution in [-0.2, 0) is 9.53 Å². The number of ether oxygens (including phenoxy) is 1. The van der Waals surface area contributed by atoms with Gasteiger partial charge in [0, 0.05) is 32.2 Å². The third-order valence-corrected chi connectivity index (χ3v) is 15.3. The van der Waals surface area contributed by atoms with Crippen molar-refractivity contribution in [1.29, 1.82) is 0 Å². The molecule has 7 heteroatoms. The minimum absolute atomic E-state index is 0.0334. The summed E-state index contributed by atoms with van der Waals surface area (Å²) in [5.41, 5.74) is 0.934. The number of aliphatic hydroxyl groups is 2. The van der Waals surface area contributed by atoms with Crippen molar-refractivity contribution >= 4 is 12.0 Å². The highest BCUT2D eigenvalue weighted by molar-refractivity contribution is 5.76. The molecule has 2 amide bonds. The van der Waals surface area contributed by atoms with E-state index in [0.29, 0.717) is 42.7 Å². The van der Waals surface area contributed by atoms with Crippen LogP contribution in [0.2, 0.25) is 0 Å². The second-order valence-electron chi connectivity index (χ2n) is 18.9. The lowest BCUT2D eigenvalue weighted by Gasteiger charge is -2.61. The number of hydrogen-bond donors (Lipinski definition) is 3. The van der Waals surface area contributed by atoms with E-state index >= 15 is 0 Å². The molecule has 4 aliphatic carbocycles. The van der Waals surface area contributed by atoms with E-state index in [2.05, 4.69) is 39.9 Å². The molecule has 50 heavy (non-hydrogen) atoms. The Bertz CT molecular complexity index is 1080. The standard InChI is InChI=1S/C43H76N2O5/c1-30(2)13-12-14-31(3)37-19-20-38-36-18-17-32-27-35(21-23-42(32,4)39(36)22-24-43(37,38)5)50-41(49)44-25-10-6-9-16-40(48)45-29-34(47)28-33(45)15-8-7-11-26-46/h30-39,46-47H,6-29H2,1-5H3,(H,44,49)/t31-,32?,33-,34-,35+,36+,37-,38+,39+,42+,43-/m1/s1. The van der Waals surface area contributed by atoms with E-state index in [9.17, 15) is 14.7 Å². The quantitative estimate of drug-likeness (QED) is 0.131. The fourth-order valence-electron chi connectivity index (χ4n) is 12.6. The number of aliphatic hydroxyl groups excluding tert-OH is 2. The van der Waals surface area contributed by atoms with Gasteiger partial charge in [0.2, 0.25) is 5.91 Å². The average Bonchev–Trinajstić information content (AvgIpc) is 3.63. The summed E-state index contributed by atoms with van der Waals surface area (Å²) in [7, 11) is 0. The first-order valence-corrected chi connectivity index (χ1v) is 21.5. The predicted molar refractivity (Wildman–Crippen MR) is 201 cm³/mol. The summed E-state index contributed by atoms with van der Waals surface area (Å²) >= 11 is 0. The normalized spacial score (nSPS) is 37.2. The van der Waals surface area contributed by atoms with Crippen molar-refractivity contribution in [3.8, 4) is 0 Å². The maximum atomic E-state index is 12.9. The third-order valence-electron chi connectivity index (χ3n) is 15.3. The molecule has 5 aliphatic rings. The molecule has 0 aromatic rings. The number of nitrogens with zero attached hydrogens (tertiary/aromatic N) is 1. The highest BCUT2D eigenvalue weighted by Crippen LogP contribution is 2.68. The summed E-state index contributed by atoms with van der Waals surface area (Å²) in [6.07, 6.45) is 22.5. The Morgan fingerprint density at radius 2 is 1.60 bits per heavy atom. The number of fused-ring (bicyclic) bond motifs is 5. The number of likely N-dealkylation sites (tertiary alicyclic amines) is 1. The summed E-state index contributed by atoms with van der Waals surface area (Å²) < 4.78 is 6.03. The Labute approximate surface area is 305 Å². The van der Waals surface area contributed by atoms with Crippen molar-refractivity contribution in [2.24, 2.45) is 52.3 Å². The van der Waals surface area contributed by atoms with E-state index in [-0.39, 0.29) is 30.8 Å². The maximum absolute atomic E-state index is 12.9. The van der Waals surface area contributed by atoms with Gasteiger partial charge < -0.3 is 25.2 Å². The van der Waals surface area contributed by atoms with Crippen molar-refractivity contribution in [3.63, 3.8) is 0 Å². The summed E-state index contributed by atoms with van der Waals surface area (Å²) in [4.78, 5) is 27.6. The first kappa shape index (κ1) is 39.9. The molecule has 0 aromatic heterocycles. The van der Waals surface area contributed by atoms with E-state index < -0.39 is 6.10 Å². The first-order valence-electron chi connectivity index (χ1n) is 21.5. The molecule has 4 saturated carbocycles. The number of β-amino-alcohol motifs (C(OH)–C–C–N with tert-alkyl or cyclic N) is 1. The first-order chi connectivity index (χ1) is 24.0. The summed E-state index contributed by atoms with van der Waals surface area (Å²) in [6.45, 7) is 13.9. The van der Waals surface area contributed by atoms with E-state index in [4.69, 9.17) is 9.84 Å². The second kappa shape index (κ2) is 18.1. The minimum Gasteiger partial charge on any atom is -0.446 e. The number of carbonyl (C=O) groups is 2. The smallest absolute Gasteiger partial charge is 0.407 e. The van der Waals surface area contributed by atoms with Gasteiger partial charge in [-0.3, -0.25) is 4.79 Å². The van der Waals surface area contributed by atoms with Gasteiger partial charge in [-0.1, -0.05) is 73.1 Å². The molecular formula is C43H76N2O5. The zero-order valence-electron chi connectivity index (χ0n) is 32.8. The number of amides is 2. The van der Waals surface area contributed by atoms with E-state index in [1.807, 2.05) is 4.90 Å². The van der Waals surface area contributed by atoms with Crippen LogP contribution >= 0.6 is 0 Å². The van der Waals surface area contributed by atoms with Crippen molar-refractivity contribution < 1.29 is 24.5 Å². The molecule has 0 radical (unpaired) electrons. The minimum atomic E-state index is -0.424. The molecule has 5 rings (SSSR count). The van der Waals surface area contributed by atoms with Crippen LogP contribution in [0.3, 0.4) is 0 Å². The van der Waals surface area contributed by atoms with Gasteiger partial charge in [0.25, 0.3) is 0 Å². The molecule has 11 atom stereocenters. The lowest BCUT2D eigenvalue weighted by molar-refractivity contribution is -0.132. The number of hydrogen-bond acceptors (Lipinski definition) is 5. The summed E-state index contributed by atoms with van der Waals surface area (Å²) in [5.74, 6) is 6.04. The zero-order chi connectivity index (χ0) is 35.9. The summed E-state index contributed by atoms with van der Waals surface area (Å²) in [6, 6.07) is 0.122. The van der Waals surface area contributed by atoms with Crippen LogP contribution in [-0.4, -0.2) is 65.1 Å². The molecule has 1 unspecified atom stereocenters. The Morgan fingerprint density at radius 3 is 2.38 bits per heavy atom. The zero-order valence-corrected chi connectivity index (χ0v) is 32.8. The van der Waals surface area contributed by atoms with Gasteiger partial charge in [0.15, 0.2) is 0 Å². The largest absolute Gasteiger partial charge is 0.446 e. The molecular weight excluding hydrogens is 624 g/mol. The van der Waals surface area contributed by atoms with Crippen LogP contribution in [0.1, 0.15) is 169 Å². The third kappa shape index (κ3) is 9.41. The van der Waals surface area contributed by atoms with Gasteiger partial charge in [-0.25, -0.2) is 4.79 Å². The van der Waals surface area contributed by atoms with Gasteiger partial charge >= 0.3 is 6.09 Å². The predicted octanol–water partition coefficient (Wildman–Crippen LogP) is 9.28. The lowest BCUT2D eigenvalue weighted by Crippen LogP contribution is -2.54. The van der Waals surface area contributed by atoms with Crippen molar-refractivity contribution in [2.45, 2.75) is 188 Å². The fourth-order valence-corrected chi connectivity index (χ4v) is 12.6. The van der Waals surface area contributed by atoms with Gasteiger partial charge in [0.05, 0.1) is 6.10 Å². The Hall–Kier alpha value is -1.34. The Balaban J connectivity index is 0.991. The lowest BCUT2D eigenvalue weighted by atomic mass is 9.44. The molecule has 1 saturated heterocycles. The maximum Gasteiger partial charge on any atom is 0.407 e. The van der Waals surface area contributed by atoms with Crippen LogP contribution in [0.25, 0.3) is 0 Å². The highest BCUT2D eigenvalue weighted by Gasteiger charge is 2.60. The average molecular weight is 701 g/mol. The monoisotopic (exact) mass is 701 g/mol. The molecule has 1 heterocycles. The van der Waals surface area contributed by atoms with Crippen LogP contribution in [0.15, 0.2) is 0 Å². The van der Waals surface area contributed by atoms with Crippen LogP contribution in [0.4, 0.5) is 4.79 Å². The van der Waals surface area contributed by atoms with Crippen molar-refractivity contribution in [1.82, 2.24) is 10.2 Å². The van der Waals surface area contributed by atoms with Gasteiger partial charge in [-0.05, 0) is 142 Å². The molecule has 5 fully saturated rings. The molecule has 0 bridgehead atoms. The molecule has 0 spiro atoms. The van der Waals surface area contributed by atoms with Gasteiger partial charge in [-0.2, -0.15) is 0 Å². The Morgan fingerprint density at radius 1 is 0.840 bits per heavy atom.